The van der Waals surface area contributed by atoms with Crippen molar-refractivity contribution in [2.45, 2.75) is 38.3 Å². The number of nitrogens with zero attached hydrogens (tertiary/aromatic N) is 1. The van der Waals surface area contributed by atoms with Crippen molar-refractivity contribution in [3.8, 4) is 0 Å². The van der Waals surface area contributed by atoms with Crippen molar-refractivity contribution in [3.63, 3.8) is 0 Å². The van der Waals surface area contributed by atoms with Crippen LogP contribution in [-0.2, 0) is 9.53 Å². The molecule has 0 saturated carbocycles. The Bertz CT molecular complexity index is 306. The van der Waals surface area contributed by atoms with Gasteiger partial charge in [-0.1, -0.05) is 0 Å². The quantitative estimate of drug-likeness (QED) is 0.591. The molecule has 0 fully saturated rings. The molecule has 0 heterocycles. The molecule has 0 aliphatic rings. The van der Waals surface area contributed by atoms with Crippen LogP contribution in [0.4, 0.5) is 4.79 Å². The van der Waals surface area contributed by atoms with Crippen LogP contribution in [-0.4, -0.2) is 66.1 Å². The second-order valence-electron chi connectivity index (χ2n) is 5.20. The molecule has 19 heavy (non-hydrogen) atoms. The number of carbonyl (C=O) groups excluding carboxylic acids is 1. The Hall–Kier alpha value is -1.34. The molecule has 0 saturated heterocycles. The van der Waals surface area contributed by atoms with Crippen LogP contribution in [0.15, 0.2) is 0 Å². The third kappa shape index (κ3) is 8.39. The van der Waals surface area contributed by atoms with Crippen molar-refractivity contribution in [1.29, 1.82) is 0 Å². The minimum atomic E-state index is -0.897. The van der Waals surface area contributed by atoms with Crippen molar-refractivity contribution in [3.05, 3.63) is 0 Å². The summed E-state index contributed by atoms with van der Waals surface area (Å²) >= 11 is 0. The molecule has 0 radical (unpaired) electrons. The van der Waals surface area contributed by atoms with Crippen LogP contribution in [0.5, 0.6) is 0 Å². The Morgan fingerprint density at radius 3 is 2.47 bits per heavy atom. The van der Waals surface area contributed by atoms with Crippen LogP contribution in [0.25, 0.3) is 0 Å². The zero-order valence-corrected chi connectivity index (χ0v) is 12.0. The van der Waals surface area contributed by atoms with Crippen LogP contribution >= 0.6 is 0 Å². The van der Waals surface area contributed by atoms with Crippen LogP contribution in [0.2, 0.25) is 0 Å². The van der Waals surface area contributed by atoms with Gasteiger partial charge in [0, 0.05) is 26.1 Å². The highest BCUT2D eigenvalue weighted by Crippen LogP contribution is 2.11. The normalized spacial score (nSPS) is 12.9. The summed E-state index contributed by atoms with van der Waals surface area (Å²) in [6.07, 6.45) is -0.422. The van der Waals surface area contributed by atoms with E-state index in [9.17, 15) is 14.7 Å². The lowest BCUT2D eigenvalue weighted by Crippen LogP contribution is -2.50. The predicted octanol–water partition coefficient (Wildman–Crippen LogP) is 0.279. The Morgan fingerprint density at radius 2 is 2.00 bits per heavy atom. The van der Waals surface area contributed by atoms with Gasteiger partial charge >= 0.3 is 12.0 Å². The highest BCUT2D eigenvalue weighted by atomic mass is 16.5. The first-order valence-electron chi connectivity index (χ1n) is 6.10. The van der Waals surface area contributed by atoms with Gasteiger partial charge in [0.25, 0.3) is 0 Å². The summed E-state index contributed by atoms with van der Waals surface area (Å²) in [7, 11) is 3.03. The number of aliphatic hydroxyl groups excluding tert-OH is 1. The Kier molecular flexibility index (Phi) is 7.40. The molecule has 112 valence electrons. The number of hydrogen-bond acceptors (Lipinski definition) is 4. The van der Waals surface area contributed by atoms with Crippen LogP contribution in [0, 0.1) is 0 Å². The van der Waals surface area contributed by atoms with E-state index in [1.165, 1.54) is 12.0 Å². The van der Waals surface area contributed by atoms with E-state index in [1.54, 1.807) is 20.9 Å². The summed E-state index contributed by atoms with van der Waals surface area (Å²) < 4.78 is 4.78. The number of urea groups is 1. The lowest BCUT2D eigenvalue weighted by Gasteiger charge is -2.29. The molecule has 3 N–H and O–H groups in total. The number of methoxy groups -OCH3 is 1. The van der Waals surface area contributed by atoms with Crippen molar-refractivity contribution in [2.24, 2.45) is 0 Å². The molecule has 0 bridgehead atoms. The van der Waals surface area contributed by atoms with Crippen molar-refractivity contribution in [1.82, 2.24) is 10.2 Å². The number of carbonyl (C=O) groups is 2. The monoisotopic (exact) mass is 276 g/mol. The summed E-state index contributed by atoms with van der Waals surface area (Å²) in [5.74, 6) is -0.897. The molecule has 0 aromatic rings. The zero-order chi connectivity index (χ0) is 15.1. The number of likely N-dealkylation sites (N-methyl/N-ethyl adjacent to an activating group) is 1. The van der Waals surface area contributed by atoms with E-state index >= 15 is 0 Å². The summed E-state index contributed by atoms with van der Waals surface area (Å²) in [6.45, 7) is 3.81. The minimum Gasteiger partial charge on any atom is -0.481 e. The second kappa shape index (κ2) is 7.96. The van der Waals surface area contributed by atoms with Gasteiger partial charge in [-0.25, -0.2) is 4.79 Å². The van der Waals surface area contributed by atoms with E-state index in [1.807, 2.05) is 0 Å². The maximum Gasteiger partial charge on any atom is 0.317 e. The van der Waals surface area contributed by atoms with Gasteiger partial charge in [-0.3, -0.25) is 4.79 Å². The maximum atomic E-state index is 11.9. The fourth-order valence-electron chi connectivity index (χ4n) is 1.51. The fraction of sp³-hybridized carbons (Fsp3) is 0.833. The number of amides is 2. The number of ether oxygens (including phenoxy) is 1. The van der Waals surface area contributed by atoms with Gasteiger partial charge in [0.15, 0.2) is 0 Å². The van der Waals surface area contributed by atoms with E-state index < -0.39 is 17.6 Å². The van der Waals surface area contributed by atoms with E-state index in [0.717, 1.165) is 0 Å². The average molecular weight is 276 g/mol. The molecule has 0 aromatic carbocycles. The molecule has 2 amide bonds. The number of aliphatic carboxylic acids is 1. The predicted molar refractivity (Wildman–Crippen MR) is 70.0 cm³/mol. The summed E-state index contributed by atoms with van der Waals surface area (Å²) in [6, 6.07) is -0.356. The molecular weight excluding hydrogens is 252 g/mol. The Balaban J connectivity index is 4.22. The largest absolute Gasteiger partial charge is 0.481 e. The van der Waals surface area contributed by atoms with Gasteiger partial charge in [-0.2, -0.15) is 0 Å². The lowest BCUT2D eigenvalue weighted by molar-refractivity contribution is -0.137. The maximum absolute atomic E-state index is 11.9. The lowest BCUT2D eigenvalue weighted by atomic mass is 9.99. The molecular formula is C12H24N2O5. The van der Waals surface area contributed by atoms with Gasteiger partial charge < -0.3 is 25.2 Å². The fourth-order valence-corrected chi connectivity index (χ4v) is 1.51. The van der Waals surface area contributed by atoms with Gasteiger partial charge in [0.05, 0.1) is 19.3 Å². The highest BCUT2D eigenvalue weighted by Gasteiger charge is 2.24. The Labute approximate surface area is 113 Å². The summed E-state index contributed by atoms with van der Waals surface area (Å²) in [4.78, 5) is 23.7. The average Bonchev–Trinajstić information content (AvgIpc) is 2.26. The standard InChI is InChI=1S/C12H24N2O5/c1-12(2,6-5-10(16)17)13-11(18)14(3)7-9(15)8-19-4/h9,15H,5-8H2,1-4H3,(H,13,18)(H,16,17). The molecule has 7 nitrogen and oxygen atoms in total. The first kappa shape index (κ1) is 17.7. The van der Waals surface area contributed by atoms with E-state index in [-0.39, 0.29) is 25.6 Å². The molecule has 0 rings (SSSR count). The van der Waals surface area contributed by atoms with Gasteiger partial charge in [0.2, 0.25) is 0 Å². The number of carboxylic acids is 1. The van der Waals surface area contributed by atoms with E-state index in [4.69, 9.17) is 9.84 Å². The van der Waals surface area contributed by atoms with E-state index in [2.05, 4.69) is 5.32 Å². The van der Waals surface area contributed by atoms with Crippen molar-refractivity contribution < 1.29 is 24.5 Å². The van der Waals surface area contributed by atoms with Crippen LogP contribution < -0.4 is 5.32 Å². The van der Waals surface area contributed by atoms with Crippen molar-refractivity contribution >= 4 is 12.0 Å². The van der Waals surface area contributed by atoms with Gasteiger partial charge in [0.1, 0.15) is 0 Å². The molecule has 0 aromatic heterocycles. The molecule has 0 spiro atoms. The van der Waals surface area contributed by atoms with Gasteiger partial charge in [-0.15, -0.1) is 0 Å². The number of aliphatic hydroxyl groups is 1. The van der Waals surface area contributed by atoms with Gasteiger partial charge in [-0.05, 0) is 20.3 Å². The SMILES string of the molecule is COCC(O)CN(C)C(=O)NC(C)(C)CCC(=O)O. The highest BCUT2D eigenvalue weighted by molar-refractivity contribution is 5.75. The Morgan fingerprint density at radius 1 is 1.42 bits per heavy atom. The number of rotatable bonds is 8. The van der Waals surface area contributed by atoms with Crippen LogP contribution in [0.3, 0.4) is 0 Å². The molecule has 0 aliphatic carbocycles. The summed E-state index contributed by atoms with van der Waals surface area (Å²) in [5.41, 5.74) is -0.615. The van der Waals surface area contributed by atoms with E-state index in [0.29, 0.717) is 6.42 Å². The first-order chi connectivity index (χ1) is 8.68. The molecule has 1 atom stereocenters. The zero-order valence-electron chi connectivity index (χ0n) is 12.0. The minimum absolute atomic E-state index is 0.0106. The van der Waals surface area contributed by atoms with Crippen LogP contribution in [0.1, 0.15) is 26.7 Å². The molecule has 1 unspecified atom stereocenters. The third-order valence-corrected chi connectivity index (χ3v) is 2.60. The number of carboxylic acid groups (broad SMARTS) is 1. The van der Waals surface area contributed by atoms with Crippen molar-refractivity contribution in [2.75, 3.05) is 27.3 Å². The molecule has 0 aliphatic heterocycles. The second-order valence-corrected chi connectivity index (χ2v) is 5.20. The topological polar surface area (TPSA) is 99.1 Å². The first-order valence-corrected chi connectivity index (χ1v) is 6.10. The molecule has 7 heteroatoms. The smallest absolute Gasteiger partial charge is 0.317 e. The number of hydrogen-bond donors (Lipinski definition) is 3. The third-order valence-electron chi connectivity index (χ3n) is 2.60. The summed E-state index contributed by atoms with van der Waals surface area (Å²) in [5, 5.41) is 20.9. The number of nitrogens with one attached hydrogen (secondary N) is 1.